The molecule has 0 spiro atoms. The third kappa shape index (κ3) is 3.11. The fraction of sp³-hybridized carbons (Fsp3) is 0.143. The molecule has 0 bridgehead atoms. The average molecular weight is 346 g/mol. The second-order valence-electron chi connectivity index (χ2n) is 6.24. The number of carbonyl (C=O) groups is 2. The molecule has 130 valence electrons. The molecule has 0 saturated carbocycles. The number of carbonyl (C=O) groups excluding carboxylic acids is 2. The van der Waals surface area contributed by atoms with Crippen LogP contribution in [-0.2, 0) is 16.1 Å². The molecule has 1 atom stereocenters. The van der Waals surface area contributed by atoms with E-state index in [1.54, 1.807) is 0 Å². The summed E-state index contributed by atoms with van der Waals surface area (Å²) >= 11 is 0. The van der Waals surface area contributed by atoms with Crippen molar-refractivity contribution in [2.75, 3.05) is 0 Å². The summed E-state index contributed by atoms with van der Waals surface area (Å²) in [7, 11) is 0. The first-order chi connectivity index (χ1) is 12.7. The monoisotopic (exact) mass is 346 g/mol. The first kappa shape index (κ1) is 16.1. The number of nitrogens with zero attached hydrogens (tertiary/aromatic N) is 1. The molecule has 4 rings (SSSR count). The van der Waals surface area contributed by atoms with Crippen molar-refractivity contribution in [3.8, 4) is 0 Å². The molecule has 0 aliphatic carbocycles. The number of benzene rings is 2. The van der Waals surface area contributed by atoms with Gasteiger partial charge < -0.3 is 9.72 Å². The van der Waals surface area contributed by atoms with Crippen LogP contribution in [0.4, 0.5) is 4.79 Å². The van der Waals surface area contributed by atoms with E-state index in [0.29, 0.717) is 0 Å². The summed E-state index contributed by atoms with van der Waals surface area (Å²) in [5.74, 6) is -0.00705. The lowest BCUT2D eigenvalue weighted by atomic mass is 9.97. The summed E-state index contributed by atoms with van der Waals surface area (Å²) in [4.78, 5) is 29.3. The molecule has 2 heterocycles. The molecule has 1 amide bonds. The Hall–Kier alpha value is -3.34. The molecule has 1 aliphatic heterocycles. The normalized spacial score (nSPS) is 16.8. The van der Waals surface area contributed by atoms with Crippen LogP contribution in [0.1, 0.15) is 23.6 Å². The highest BCUT2D eigenvalue weighted by Crippen LogP contribution is 2.33. The van der Waals surface area contributed by atoms with E-state index in [2.05, 4.69) is 4.98 Å². The molecule has 1 N–H and O–H groups in total. The molecule has 26 heavy (non-hydrogen) atoms. The number of amides is 1. The standard InChI is InChI=1S/C21H18N2O3/c24-16-10-11-23(21(25)26-14-15-6-2-1-3-7-15)20(12-16)18-13-22-19-9-5-4-8-17(18)19/h1-11,13,20,22H,12,14H2. The van der Waals surface area contributed by atoms with Gasteiger partial charge in [-0.2, -0.15) is 0 Å². The number of fused-ring (bicyclic) bond motifs is 1. The molecule has 0 radical (unpaired) electrons. The maximum absolute atomic E-state index is 12.7. The van der Waals surface area contributed by atoms with Gasteiger partial charge in [0.1, 0.15) is 6.61 Å². The van der Waals surface area contributed by atoms with Gasteiger partial charge in [0.25, 0.3) is 0 Å². The van der Waals surface area contributed by atoms with Crippen LogP contribution in [-0.4, -0.2) is 21.8 Å². The Morgan fingerprint density at radius 3 is 2.73 bits per heavy atom. The molecule has 5 nitrogen and oxygen atoms in total. The minimum Gasteiger partial charge on any atom is -0.444 e. The van der Waals surface area contributed by atoms with Crippen molar-refractivity contribution in [2.45, 2.75) is 19.1 Å². The Labute approximate surface area is 150 Å². The van der Waals surface area contributed by atoms with E-state index in [0.717, 1.165) is 22.0 Å². The number of H-pyrrole nitrogens is 1. The van der Waals surface area contributed by atoms with Crippen LogP contribution < -0.4 is 0 Å². The molecule has 1 aliphatic rings. The molecule has 5 heteroatoms. The van der Waals surface area contributed by atoms with Crippen LogP contribution in [0.25, 0.3) is 10.9 Å². The lowest BCUT2D eigenvalue weighted by Gasteiger charge is -2.30. The Bertz CT molecular complexity index is 975. The van der Waals surface area contributed by atoms with Crippen molar-refractivity contribution in [1.82, 2.24) is 9.88 Å². The van der Waals surface area contributed by atoms with Crippen molar-refractivity contribution in [1.29, 1.82) is 0 Å². The second-order valence-corrected chi connectivity index (χ2v) is 6.24. The van der Waals surface area contributed by atoms with Crippen LogP contribution in [0.2, 0.25) is 0 Å². The Morgan fingerprint density at radius 1 is 1.12 bits per heavy atom. The number of hydrogen-bond donors (Lipinski definition) is 1. The number of aromatic nitrogens is 1. The fourth-order valence-corrected chi connectivity index (χ4v) is 3.24. The maximum atomic E-state index is 12.7. The molecule has 3 aromatic rings. The van der Waals surface area contributed by atoms with Crippen LogP contribution >= 0.6 is 0 Å². The van der Waals surface area contributed by atoms with Crippen molar-refractivity contribution in [2.24, 2.45) is 0 Å². The summed E-state index contributed by atoms with van der Waals surface area (Å²) in [6.45, 7) is 0.193. The van der Waals surface area contributed by atoms with E-state index >= 15 is 0 Å². The fourth-order valence-electron chi connectivity index (χ4n) is 3.24. The molecular formula is C21H18N2O3. The van der Waals surface area contributed by atoms with Gasteiger partial charge in [0.15, 0.2) is 5.78 Å². The number of rotatable bonds is 3. The van der Waals surface area contributed by atoms with Gasteiger partial charge in [0.2, 0.25) is 0 Å². The van der Waals surface area contributed by atoms with E-state index in [4.69, 9.17) is 4.74 Å². The second kappa shape index (κ2) is 6.88. The molecule has 1 unspecified atom stereocenters. The average Bonchev–Trinajstić information content (AvgIpc) is 3.11. The highest BCUT2D eigenvalue weighted by molar-refractivity contribution is 5.93. The van der Waals surface area contributed by atoms with Crippen LogP contribution in [0, 0.1) is 0 Å². The van der Waals surface area contributed by atoms with E-state index in [1.807, 2.05) is 60.8 Å². The molecule has 2 aromatic carbocycles. The Kier molecular flexibility index (Phi) is 4.27. The van der Waals surface area contributed by atoms with Crippen molar-refractivity contribution in [3.05, 3.63) is 84.2 Å². The van der Waals surface area contributed by atoms with Gasteiger partial charge in [0.05, 0.1) is 6.04 Å². The predicted molar refractivity (Wildman–Crippen MR) is 98.3 cm³/mol. The van der Waals surface area contributed by atoms with Gasteiger partial charge in [-0.05, 0) is 17.7 Å². The van der Waals surface area contributed by atoms with Crippen LogP contribution in [0.15, 0.2) is 73.1 Å². The van der Waals surface area contributed by atoms with Gasteiger partial charge >= 0.3 is 6.09 Å². The quantitative estimate of drug-likeness (QED) is 0.767. The number of allylic oxidation sites excluding steroid dienone is 1. The zero-order valence-electron chi connectivity index (χ0n) is 14.1. The van der Waals surface area contributed by atoms with Gasteiger partial charge in [-0.25, -0.2) is 4.79 Å². The first-order valence-corrected chi connectivity index (χ1v) is 8.48. The zero-order valence-corrected chi connectivity index (χ0v) is 14.1. The van der Waals surface area contributed by atoms with Crippen LogP contribution in [0.3, 0.4) is 0 Å². The number of hydrogen-bond acceptors (Lipinski definition) is 3. The molecule has 0 saturated heterocycles. The summed E-state index contributed by atoms with van der Waals surface area (Å²) < 4.78 is 5.46. The minimum atomic E-state index is -0.465. The number of nitrogens with one attached hydrogen (secondary N) is 1. The maximum Gasteiger partial charge on any atom is 0.414 e. The van der Waals surface area contributed by atoms with E-state index in [1.165, 1.54) is 17.2 Å². The number of para-hydroxylation sites is 1. The van der Waals surface area contributed by atoms with Gasteiger partial charge in [-0.1, -0.05) is 48.5 Å². The zero-order chi connectivity index (χ0) is 17.9. The van der Waals surface area contributed by atoms with Crippen molar-refractivity contribution < 1.29 is 14.3 Å². The highest BCUT2D eigenvalue weighted by atomic mass is 16.6. The van der Waals surface area contributed by atoms with Gasteiger partial charge in [-0.3, -0.25) is 9.69 Å². The Balaban J connectivity index is 1.59. The SMILES string of the molecule is O=C1C=CN(C(=O)OCc2ccccc2)C(c2c[nH]c3ccccc23)C1. The smallest absolute Gasteiger partial charge is 0.414 e. The first-order valence-electron chi connectivity index (χ1n) is 8.48. The van der Waals surface area contributed by atoms with Crippen molar-refractivity contribution >= 4 is 22.8 Å². The largest absolute Gasteiger partial charge is 0.444 e. The molecular weight excluding hydrogens is 328 g/mol. The Morgan fingerprint density at radius 2 is 1.88 bits per heavy atom. The third-order valence-electron chi connectivity index (χ3n) is 4.55. The number of ketones is 1. The highest BCUT2D eigenvalue weighted by Gasteiger charge is 2.31. The lowest BCUT2D eigenvalue weighted by Crippen LogP contribution is -2.34. The topological polar surface area (TPSA) is 62.4 Å². The summed E-state index contributed by atoms with van der Waals surface area (Å²) in [5.41, 5.74) is 2.80. The molecule has 1 aromatic heterocycles. The predicted octanol–water partition coefficient (Wildman–Crippen LogP) is 4.33. The van der Waals surface area contributed by atoms with Crippen molar-refractivity contribution in [3.63, 3.8) is 0 Å². The molecule has 0 fully saturated rings. The summed E-state index contributed by atoms with van der Waals surface area (Å²) in [6, 6.07) is 17.0. The van der Waals surface area contributed by atoms with Gasteiger partial charge in [-0.15, -0.1) is 0 Å². The summed E-state index contributed by atoms with van der Waals surface area (Å²) in [6.07, 6.45) is 4.58. The van der Waals surface area contributed by atoms with E-state index < -0.39 is 6.09 Å². The summed E-state index contributed by atoms with van der Waals surface area (Å²) in [5, 5.41) is 1.00. The minimum absolute atomic E-state index is 0.00705. The van der Waals surface area contributed by atoms with E-state index in [9.17, 15) is 9.59 Å². The lowest BCUT2D eigenvalue weighted by molar-refractivity contribution is -0.116. The number of aromatic amines is 1. The van der Waals surface area contributed by atoms with Crippen LogP contribution in [0.5, 0.6) is 0 Å². The number of ether oxygens (including phenoxy) is 1. The van der Waals surface area contributed by atoms with Gasteiger partial charge in [0, 0.05) is 35.3 Å². The van der Waals surface area contributed by atoms with E-state index in [-0.39, 0.29) is 24.9 Å². The third-order valence-corrected chi connectivity index (χ3v) is 4.55.